The fourth-order valence-electron chi connectivity index (χ4n) is 1.62. The molecule has 2 aromatic rings. The number of ether oxygens (including phenoxy) is 1. The second-order valence-electron chi connectivity index (χ2n) is 3.91. The van der Waals surface area contributed by atoms with Crippen LogP contribution >= 0.6 is 0 Å². The molecule has 0 amide bonds. The van der Waals surface area contributed by atoms with E-state index < -0.39 is 0 Å². The molecule has 1 atom stereocenters. The maximum Gasteiger partial charge on any atom is 0.158 e. The van der Waals surface area contributed by atoms with E-state index >= 15 is 0 Å². The number of aromatic nitrogens is 2. The van der Waals surface area contributed by atoms with E-state index in [1.165, 1.54) is 0 Å². The number of nitrogen functional groups attached to an aromatic ring is 1. The summed E-state index contributed by atoms with van der Waals surface area (Å²) in [7, 11) is 1.59. The van der Waals surface area contributed by atoms with Crippen molar-refractivity contribution in [2.24, 2.45) is 0 Å². The molecule has 0 aliphatic rings. The Balaban J connectivity index is 2.13. The summed E-state index contributed by atoms with van der Waals surface area (Å²) in [5, 5.41) is 3.20. The molecular weight excluding hydrogens is 232 g/mol. The Morgan fingerprint density at radius 3 is 3.00 bits per heavy atom. The molecule has 6 heteroatoms. The summed E-state index contributed by atoms with van der Waals surface area (Å²) < 4.78 is 10.3. The van der Waals surface area contributed by atoms with Crippen LogP contribution in [-0.4, -0.2) is 17.1 Å². The van der Waals surface area contributed by atoms with Crippen molar-refractivity contribution in [1.29, 1.82) is 0 Å². The highest BCUT2D eigenvalue weighted by molar-refractivity contribution is 5.45. The van der Waals surface area contributed by atoms with Crippen LogP contribution < -0.4 is 11.1 Å². The molecule has 0 saturated heterocycles. The number of furan rings is 1. The maximum absolute atomic E-state index is 5.71. The molecule has 2 rings (SSSR count). The largest absolute Gasteiger partial charge is 0.467 e. The summed E-state index contributed by atoms with van der Waals surface area (Å²) in [6.07, 6.45) is 1.64. The zero-order chi connectivity index (χ0) is 13.0. The third-order valence-corrected chi connectivity index (χ3v) is 2.40. The highest BCUT2D eigenvalue weighted by Gasteiger charge is 2.10. The van der Waals surface area contributed by atoms with E-state index in [2.05, 4.69) is 15.3 Å². The van der Waals surface area contributed by atoms with Gasteiger partial charge in [-0.2, -0.15) is 0 Å². The van der Waals surface area contributed by atoms with Crippen molar-refractivity contribution in [2.45, 2.75) is 19.6 Å². The van der Waals surface area contributed by atoms with Crippen LogP contribution in [0.5, 0.6) is 0 Å². The highest BCUT2D eigenvalue weighted by Crippen LogP contribution is 2.19. The predicted molar refractivity (Wildman–Crippen MR) is 67.9 cm³/mol. The number of hydrogen-bond acceptors (Lipinski definition) is 6. The molecule has 96 valence electrons. The van der Waals surface area contributed by atoms with E-state index in [0.29, 0.717) is 24.1 Å². The summed E-state index contributed by atoms with van der Waals surface area (Å²) in [6, 6.07) is 5.43. The van der Waals surface area contributed by atoms with Crippen LogP contribution in [0.4, 0.5) is 11.6 Å². The average molecular weight is 248 g/mol. The zero-order valence-corrected chi connectivity index (χ0v) is 10.4. The van der Waals surface area contributed by atoms with Crippen LogP contribution in [0.25, 0.3) is 0 Å². The first kappa shape index (κ1) is 12.4. The van der Waals surface area contributed by atoms with Crippen molar-refractivity contribution in [3.8, 4) is 0 Å². The summed E-state index contributed by atoms with van der Waals surface area (Å²) in [5.41, 5.74) is 5.71. The summed E-state index contributed by atoms with van der Waals surface area (Å²) in [6.45, 7) is 2.31. The number of methoxy groups -OCH3 is 1. The molecule has 0 fully saturated rings. The smallest absolute Gasteiger partial charge is 0.158 e. The number of nitrogens with one attached hydrogen (secondary N) is 1. The molecule has 2 aromatic heterocycles. The number of nitrogens with zero attached hydrogens (tertiary/aromatic N) is 2. The van der Waals surface area contributed by atoms with E-state index in [1.54, 1.807) is 19.4 Å². The van der Waals surface area contributed by atoms with Gasteiger partial charge in [-0.05, 0) is 19.1 Å². The van der Waals surface area contributed by atoms with Gasteiger partial charge in [-0.25, -0.2) is 9.97 Å². The number of hydrogen-bond donors (Lipinski definition) is 2. The Hall–Kier alpha value is -2.08. The summed E-state index contributed by atoms with van der Waals surface area (Å²) in [4.78, 5) is 8.38. The Kier molecular flexibility index (Phi) is 3.78. The molecular formula is C12H16N4O2. The van der Waals surface area contributed by atoms with Crippen LogP contribution in [-0.2, 0) is 11.3 Å². The Bertz CT molecular complexity index is 499. The fraction of sp³-hybridized carbons (Fsp3) is 0.333. The molecule has 2 heterocycles. The fourth-order valence-corrected chi connectivity index (χ4v) is 1.62. The molecule has 18 heavy (non-hydrogen) atoms. The van der Waals surface area contributed by atoms with Crippen molar-refractivity contribution in [1.82, 2.24) is 9.97 Å². The van der Waals surface area contributed by atoms with Gasteiger partial charge in [0.2, 0.25) is 0 Å². The van der Waals surface area contributed by atoms with Gasteiger partial charge in [0.25, 0.3) is 0 Å². The second kappa shape index (κ2) is 5.50. The maximum atomic E-state index is 5.71. The third-order valence-electron chi connectivity index (χ3n) is 2.40. The minimum Gasteiger partial charge on any atom is -0.467 e. The molecule has 0 aromatic carbocycles. The van der Waals surface area contributed by atoms with Crippen LogP contribution in [0.1, 0.15) is 24.6 Å². The van der Waals surface area contributed by atoms with E-state index in [4.69, 9.17) is 14.9 Å². The second-order valence-corrected chi connectivity index (χ2v) is 3.91. The van der Waals surface area contributed by atoms with Crippen molar-refractivity contribution >= 4 is 11.6 Å². The molecule has 0 saturated carbocycles. The van der Waals surface area contributed by atoms with Crippen LogP contribution in [0.3, 0.4) is 0 Å². The number of nitrogens with two attached hydrogens (primary N) is 1. The lowest BCUT2D eigenvalue weighted by molar-refractivity contribution is 0.178. The number of rotatable bonds is 5. The van der Waals surface area contributed by atoms with E-state index in [9.17, 15) is 0 Å². The first-order valence-corrected chi connectivity index (χ1v) is 5.61. The van der Waals surface area contributed by atoms with Crippen molar-refractivity contribution in [3.05, 3.63) is 36.0 Å². The topological polar surface area (TPSA) is 86.2 Å². The van der Waals surface area contributed by atoms with E-state index in [1.807, 2.05) is 19.1 Å². The Morgan fingerprint density at radius 2 is 2.33 bits per heavy atom. The quantitative estimate of drug-likeness (QED) is 0.841. The van der Waals surface area contributed by atoms with Crippen molar-refractivity contribution in [2.75, 3.05) is 18.2 Å². The monoisotopic (exact) mass is 248 g/mol. The van der Waals surface area contributed by atoms with Gasteiger partial charge in [0.1, 0.15) is 24.0 Å². The average Bonchev–Trinajstić information content (AvgIpc) is 2.81. The molecule has 6 nitrogen and oxygen atoms in total. The van der Waals surface area contributed by atoms with Gasteiger partial charge in [0.15, 0.2) is 5.82 Å². The van der Waals surface area contributed by atoms with E-state index in [0.717, 1.165) is 5.76 Å². The molecule has 3 N–H and O–H groups in total. The van der Waals surface area contributed by atoms with Crippen molar-refractivity contribution in [3.63, 3.8) is 0 Å². The normalized spacial score (nSPS) is 12.3. The lowest BCUT2D eigenvalue weighted by Crippen LogP contribution is -2.10. The first-order valence-electron chi connectivity index (χ1n) is 5.61. The zero-order valence-electron chi connectivity index (χ0n) is 10.4. The van der Waals surface area contributed by atoms with Gasteiger partial charge in [-0.1, -0.05) is 0 Å². The molecule has 0 spiro atoms. The van der Waals surface area contributed by atoms with Gasteiger partial charge in [-0.3, -0.25) is 0 Å². The minimum atomic E-state index is 0.00435. The molecule has 1 unspecified atom stereocenters. The van der Waals surface area contributed by atoms with Gasteiger partial charge in [0.05, 0.1) is 12.3 Å². The van der Waals surface area contributed by atoms with Crippen LogP contribution in [0.15, 0.2) is 28.9 Å². The highest BCUT2D eigenvalue weighted by atomic mass is 16.5. The molecule has 0 radical (unpaired) electrons. The predicted octanol–water partition coefficient (Wildman–Crippen LogP) is 1.97. The summed E-state index contributed by atoms with van der Waals surface area (Å²) >= 11 is 0. The molecule has 0 bridgehead atoms. The summed E-state index contributed by atoms with van der Waals surface area (Å²) in [5.74, 6) is 2.44. The van der Waals surface area contributed by atoms with Gasteiger partial charge < -0.3 is 20.2 Å². The van der Waals surface area contributed by atoms with Gasteiger partial charge >= 0.3 is 0 Å². The molecule has 0 aliphatic carbocycles. The van der Waals surface area contributed by atoms with E-state index in [-0.39, 0.29) is 6.04 Å². The van der Waals surface area contributed by atoms with Crippen LogP contribution in [0.2, 0.25) is 0 Å². The third kappa shape index (κ3) is 2.98. The molecule has 0 aliphatic heterocycles. The lowest BCUT2D eigenvalue weighted by Gasteiger charge is -2.13. The van der Waals surface area contributed by atoms with Crippen molar-refractivity contribution < 1.29 is 9.15 Å². The Morgan fingerprint density at radius 1 is 1.50 bits per heavy atom. The lowest BCUT2D eigenvalue weighted by atomic mass is 10.2. The SMILES string of the molecule is COCc1nc(N)cc(NC(C)c2ccco2)n1. The Labute approximate surface area is 105 Å². The van der Waals surface area contributed by atoms with Gasteiger partial charge in [-0.15, -0.1) is 0 Å². The first-order chi connectivity index (χ1) is 8.69. The minimum absolute atomic E-state index is 0.00435. The number of anilines is 2. The van der Waals surface area contributed by atoms with Crippen LogP contribution in [0, 0.1) is 0 Å². The standard InChI is InChI=1S/C12H16N4O2/c1-8(9-4-3-5-18-9)14-11-6-10(13)15-12(16-11)7-17-2/h3-6,8H,7H2,1-2H3,(H3,13,14,15,16). The van der Waals surface area contributed by atoms with Gasteiger partial charge in [0, 0.05) is 13.2 Å².